The Morgan fingerprint density at radius 1 is 1.91 bits per heavy atom. The lowest BCUT2D eigenvalue weighted by Gasteiger charge is -1.98. The van der Waals surface area contributed by atoms with Gasteiger partial charge in [0.1, 0.15) is 6.33 Å². The highest BCUT2D eigenvalue weighted by Gasteiger charge is 2.12. The molecule has 1 rings (SSSR count). The molecule has 1 aromatic heterocycles. The zero-order valence-electron chi connectivity index (χ0n) is 5.82. The topological polar surface area (TPSA) is 57.0 Å². The maximum Gasteiger partial charge on any atom is 0.376 e. The second-order valence-electron chi connectivity index (χ2n) is 1.74. The van der Waals surface area contributed by atoms with E-state index in [-0.39, 0.29) is 5.82 Å². The Bertz CT molecular complexity index is 260. The van der Waals surface area contributed by atoms with Gasteiger partial charge in [0.05, 0.1) is 11.7 Å². The first-order valence-electron chi connectivity index (χ1n) is 2.81. The van der Waals surface area contributed by atoms with Gasteiger partial charge in [-0.2, -0.15) is 0 Å². The molecule has 0 atom stereocenters. The van der Waals surface area contributed by atoms with Crippen molar-refractivity contribution in [2.45, 2.75) is 4.55 Å². The Kier molecular flexibility index (Phi) is 2.80. The first kappa shape index (κ1) is 8.44. The number of hydrogen-bond donors (Lipinski definition) is 0. The molecule has 1 heterocycles. The summed E-state index contributed by atoms with van der Waals surface area (Å²) in [5, 5.41) is 7.16. The number of hydrogen-bond acceptors (Lipinski definition) is 4. The van der Waals surface area contributed by atoms with Crippen molar-refractivity contribution in [3.8, 4) is 0 Å². The lowest BCUT2D eigenvalue weighted by atomic mass is 10.6. The van der Waals surface area contributed by atoms with Crippen molar-refractivity contribution in [2.24, 2.45) is 0 Å². The van der Waals surface area contributed by atoms with Crippen LogP contribution < -0.4 is 0 Å². The third kappa shape index (κ3) is 1.67. The lowest BCUT2D eigenvalue weighted by molar-refractivity contribution is 0.0582. The Morgan fingerprint density at radius 3 is 3.18 bits per heavy atom. The van der Waals surface area contributed by atoms with Crippen LogP contribution in [-0.2, 0) is 9.29 Å². The number of esters is 1. The highest BCUT2D eigenvalue weighted by Crippen LogP contribution is 1.99. The predicted octanol–water partition coefficient (Wildman–Crippen LogP) is 0.457. The molecule has 0 aliphatic carbocycles. The summed E-state index contributed by atoms with van der Waals surface area (Å²) in [6, 6.07) is 0. The van der Waals surface area contributed by atoms with Crippen molar-refractivity contribution in [1.29, 1.82) is 0 Å². The number of rotatable bonds is 2. The van der Waals surface area contributed by atoms with Crippen LogP contribution in [0.4, 0.5) is 0 Å². The normalized spacial score (nSPS) is 9.64. The second-order valence-corrected chi connectivity index (χ2v) is 2.42. The van der Waals surface area contributed by atoms with Crippen LogP contribution in [0.2, 0.25) is 0 Å². The van der Waals surface area contributed by atoms with E-state index in [1.807, 2.05) is 0 Å². The molecule has 0 fully saturated rings. The Hall–Kier alpha value is -0.660. The molecule has 6 heteroatoms. The van der Waals surface area contributed by atoms with Crippen LogP contribution in [0.1, 0.15) is 10.6 Å². The molecule has 0 aliphatic heterocycles. The molecule has 0 saturated carbocycles. The van der Waals surface area contributed by atoms with E-state index < -0.39 is 5.97 Å². The van der Waals surface area contributed by atoms with E-state index in [0.717, 1.165) is 0 Å². The molecular formula is C5H6IN3O2. The molecule has 0 radical (unpaired) electrons. The fraction of sp³-hybridized carbons (Fsp3) is 0.400. The van der Waals surface area contributed by atoms with Crippen molar-refractivity contribution in [3.05, 3.63) is 12.2 Å². The summed E-state index contributed by atoms with van der Waals surface area (Å²) < 4.78 is 6.71. The van der Waals surface area contributed by atoms with E-state index in [1.54, 1.807) is 4.57 Å². The van der Waals surface area contributed by atoms with Crippen molar-refractivity contribution >= 4 is 28.6 Å². The summed E-state index contributed by atoms with van der Waals surface area (Å²) in [4.78, 5) is 10.9. The monoisotopic (exact) mass is 267 g/mol. The van der Waals surface area contributed by atoms with Gasteiger partial charge in [0.2, 0.25) is 5.82 Å². The van der Waals surface area contributed by atoms with Crippen LogP contribution in [0.3, 0.4) is 0 Å². The minimum Gasteiger partial charge on any atom is -0.463 e. The van der Waals surface area contributed by atoms with E-state index in [0.29, 0.717) is 4.55 Å². The van der Waals surface area contributed by atoms with E-state index in [1.165, 1.54) is 13.4 Å². The standard InChI is InChI=1S/C5H6IN3O2/c1-11-5(10)4-8-7-3-9(4)2-6/h3H,2H2,1H3. The van der Waals surface area contributed by atoms with E-state index in [4.69, 9.17) is 0 Å². The largest absolute Gasteiger partial charge is 0.463 e. The average molecular weight is 267 g/mol. The van der Waals surface area contributed by atoms with Gasteiger partial charge in [-0.05, 0) is 0 Å². The van der Waals surface area contributed by atoms with Gasteiger partial charge in [-0.25, -0.2) is 4.79 Å². The van der Waals surface area contributed by atoms with Crippen molar-refractivity contribution < 1.29 is 9.53 Å². The van der Waals surface area contributed by atoms with Crippen LogP contribution in [0.5, 0.6) is 0 Å². The number of nitrogens with zero attached hydrogens (tertiary/aromatic N) is 3. The molecular weight excluding hydrogens is 261 g/mol. The average Bonchev–Trinajstić information content (AvgIpc) is 2.50. The maximum atomic E-state index is 10.9. The Morgan fingerprint density at radius 2 is 2.64 bits per heavy atom. The van der Waals surface area contributed by atoms with Gasteiger partial charge in [-0.15, -0.1) is 10.2 Å². The summed E-state index contributed by atoms with van der Waals surface area (Å²) >= 11 is 2.10. The highest BCUT2D eigenvalue weighted by atomic mass is 127. The molecule has 11 heavy (non-hydrogen) atoms. The van der Waals surface area contributed by atoms with Gasteiger partial charge in [-0.3, -0.25) is 4.57 Å². The highest BCUT2D eigenvalue weighted by molar-refractivity contribution is 14.1. The molecule has 0 amide bonds. The van der Waals surface area contributed by atoms with E-state index >= 15 is 0 Å². The van der Waals surface area contributed by atoms with Crippen molar-refractivity contribution in [1.82, 2.24) is 14.8 Å². The zero-order valence-corrected chi connectivity index (χ0v) is 7.98. The van der Waals surface area contributed by atoms with E-state index in [9.17, 15) is 4.79 Å². The summed E-state index contributed by atoms with van der Waals surface area (Å²) in [5.74, 6) is -0.221. The number of alkyl halides is 1. The predicted molar refractivity (Wildman–Crippen MR) is 45.4 cm³/mol. The number of aromatic nitrogens is 3. The number of methoxy groups -OCH3 is 1. The Balaban J connectivity index is 2.92. The third-order valence-electron chi connectivity index (χ3n) is 1.11. The first-order chi connectivity index (χ1) is 5.29. The summed E-state index contributed by atoms with van der Waals surface area (Å²) in [6.45, 7) is 0. The molecule has 0 N–H and O–H groups in total. The lowest BCUT2D eigenvalue weighted by Crippen LogP contribution is -2.09. The molecule has 0 saturated heterocycles. The summed E-state index contributed by atoms with van der Waals surface area (Å²) in [7, 11) is 1.31. The number of halogens is 1. The summed E-state index contributed by atoms with van der Waals surface area (Å²) in [5.41, 5.74) is 0. The molecule has 0 aliphatic rings. The molecule has 1 aromatic rings. The van der Waals surface area contributed by atoms with Crippen LogP contribution in [-0.4, -0.2) is 27.8 Å². The number of carbonyl (C=O) groups is 1. The molecule has 0 bridgehead atoms. The minimum absolute atomic E-state index is 0.238. The number of ether oxygens (including phenoxy) is 1. The van der Waals surface area contributed by atoms with Gasteiger partial charge in [-0.1, -0.05) is 22.6 Å². The number of carbonyl (C=O) groups excluding carboxylic acids is 1. The van der Waals surface area contributed by atoms with Gasteiger partial charge >= 0.3 is 5.97 Å². The fourth-order valence-corrected chi connectivity index (χ4v) is 1.09. The van der Waals surface area contributed by atoms with Crippen molar-refractivity contribution in [3.63, 3.8) is 0 Å². The molecule has 0 aromatic carbocycles. The molecule has 0 spiro atoms. The molecule has 5 nitrogen and oxygen atoms in total. The maximum absolute atomic E-state index is 10.9. The molecule has 60 valence electrons. The fourth-order valence-electron chi connectivity index (χ4n) is 0.592. The van der Waals surface area contributed by atoms with Crippen LogP contribution in [0.15, 0.2) is 6.33 Å². The quantitative estimate of drug-likeness (QED) is 0.443. The summed E-state index contributed by atoms with van der Waals surface area (Å²) in [6.07, 6.45) is 1.48. The smallest absolute Gasteiger partial charge is 0.376 e. The van der Waals surface area contributed by atoms with Gasteiger partial charge in [0.25, 0.3) is 0 Å². The van der Waals surface area contributed by atoms with Crippen LogP contribution >= 0.6 is 22.6 Å². The Labute approximate surface area is 76.9 Å². The third-order valence-corrected chi connectivity index (χ3v) is 1.85. The van der Waals surface area contributed by atoms with E-state index in [2.05, 4.69) is 37.5 Å². The first-order valence-corrected chi connectivity index (χ1v) is 4.34. The van der Waals surface area contributed by atoms with Gasteiger partial charge in [0.15, 0.2) is 0 Å². The molecule has 0 unspecified atom stereocenters. The second kappa shape index (κ2) is 3.65. The van der Waals surface area contributed by atoms with Crippen LogP contribution in [0.25, 0.3) is 0 Å². The minimum atomic E-state index is -0.459. The zero-order chi connectivity index (χ0) is 8.27. The SMILES string of the molecule is COC(=O)c1nncn1CI. The van der Waals surface area contributed by atoms with Crippen molar-refractivity contribution in [2.75, 3.05) is 7.11 Å². The van der Waals surface area contributed by atoms with Gasteiger partial charge < -0.3 is 4.74 Å². The van der Waals surface area contributed by atoms with Gasteiger partial charge in [0, 0.05) is 0 Å². The van der Waals surface area contributed by atoms with Crippen LogP contribution in [0, 0.1) is 0 Å².